The summed E-state index contributed by atoms with van der Waals surface area (Å²) in [7, 11) is -4.41. The molecule has 1 aliphatic heterocycles. The molecule has 1 aliphatic rings. The second-order valence-electron chi connectivity index (χ2n) is 7.59. The van der Waals surface area contributed by atoms with Crippen LogP contribution in [0.25, 0.3) is 0 Å². The van der Waals surface area contributed by atoms with Crippen molar-refractivity contribution in [2.45, 2.75) is 61.4 Å². The summed E-state index contributed by atoms with van der Waals surface area (Å²) in [5, 5.41) is 11.2. The second kappa shape index (κ2) is 10.2. The molecule has 1 heterocycles. The first-order valence-corrected chi connectivity index (χ1v) is 11.6. The Morgan fingerprint density at radius 2 is 1.47 bits per heavy atom. The van der Waals surface area contributed by atoms with Crippen LogP contribution in [0, 0.1) is 6.10 Å². The molecule has 0 fully saturated rings. The Morgan fingerprint density at radius 3 is 1.91 bits per heavy atom. The van der Waals surface area contributed by atoms with Gasteiger partial charge in [-0.3, -0.25) is 0 Å². The number of halogens is 6. The van der Waals surface area contributed by atoms with Crippen molar-refractivity contribution in [1.29, 1.82) is 0 Å². The smallest absolute Gasteiger partial charge is 0.416 e. The van der Waals surface area contributed by atoms with Crippen LogP contribution in [-0.4, -0.2) is 13.7 Å². The largest absolute Gasteiger partial charge is 0.847 e. The Bertz CT molecular complexity index is 1080. The second-order valence-corrected chi connectivity index (χ2v) is 9.67. The molecule has 0 N–H and O–H groups in total. The minimum Gasteiger partial charge on any atom is -0.847 e. The maximum atomic E-state index is 13.4. The average Bonchev–Trinajstić information content (AvgIpc) is 2.94. The Morgan fingerprint density at radius 1 is 0.971 bits per heavy atom. The maximum absolute atomic E-state index is 13.4. The molecule has 0 amide bonds. The van der Waals surface area contributed by atoms with Gasteiger partial charge in [-0.25, -0.2) is 8.42 Å². The van der Waals surface area contributed by atoms with E-state index in [0.29, 0.717) is 12.1 Å². The van der Waals surface area contributed by atoms with Gasteiger partial charge in [-0.2, -0.15) is 45.3 Å². The van der Waals surface area contributed by atoms with Crippen LogP contribution in [0.5, 0.6) is 0 Å². The fourth-order valence-corrected chi connectivity index (χ4v) is 5.93. The van der Waals surface area contributed by atoms with Gasteiger partial charge in [0.1, 0.15) is 0 Å². The van der Waals surface area contributed by atoms with Gasteiger partial charge in [-0.05, 0) is 35.4 Å². The molecule has 0 spiro atoms. The van der Waals surface area contributed by atoms with Crippen LogP contribution in [0.15, 0.2) is 47.4 Å². The first-order valence-electron chi connectivity index (χ1n) is 10.0. The van der Waals surface area contributed by atoms with Crippen LogP contribution in [0.2, 0.25) is 0 Å². The van der Waals surface area contributed by atoms with Crippen LogP contribution in [0.3, 0.4) is 0 Å². The molecular weight excluding hydrogens is 529 g/mol. The van der Waals surface area contributed by atoms with Gasteiger partial charge in [0.15, 0.2) is 9.84 Å². The number of alkyl halides is 6. The van der Waals surface area contributed by atoms with Crippen LogP contribution in [0.1, 0.15) is 61.2 Å². The number of hydrogen-bond donors (Lipinski definition) is 0. The third-order valence-corrected chi connectivity index (χ3v) is 7.70. The first-order chi connectivity index (χ1) is 15.2. The minimum atomic E-state index is -5.14. The van der Waals surface area contributed by atoms with Crippen molar-refractivity contribution in [3.05, 3.63) is 70.8 Å². The molecule has 2 aromatic carbocycles. The number of benzene rings is 2. The molecule has 0 saturated carbocycles. The van der Waals surface area contributed by atoms with E-state index in [4.69, 9.17) is 4.74 Å². The summed E-state index contributed by atoms with van der Waals surface area (Å²) >= 11 is 0. The molecule has 0 bridgehead atoms. The topological polar surface area (TPSA) is 66.4 Å². The zero-order valence-corrected chi connectivity index (χ0v) is 19.9. The molecule has 3 rings (SSSR count). The van der Waals surface area contributed by atoms with E-state index in [2.05, 4.69) is 0 Å². The fourth-order valence-electron chi connectivity index (χ4n) is 3.85. The molecular formula is C22H20F6MnO4S-2. The molecule has 0 saturated heterocycles. The summed E-state index contributed by atoms with van der Waals surface area (Å²) in [6.45, 7) is 3.27. The van der Waals surface area contributed by atoms with E-state index in [9.17, 15) is 39.9 Å². The third kappa shape index (κ3) is 5.46. The van der Waals surface area contributed by atoms with Crippen molar-refractivity contribution in [3.8, 4) is 0 Å². The van der Waals surface area contributed by atoms with Gasteiger partial charge in [0.05, 0.1) is 27.4 Å². The molecule has 189 valence electrons. The van der Waals surface area contributed by atoms with Gasteiger partial charge in [0, 0.05) is 17.1 Å². The number of rotatable bonds is 6. The summed E-state index contributed by atoms with van der Waals surface area (Å²) in [5.41, 5.74) is -4.02. The summed E-state index contributed by atoms with van der Waals surface area (Å²) in [6, 6.07) is 6.03. The van der Waals surface area contributed by atoms with Crippen molar-refractivity contribution in [2.75, 3.05) is 0 Å². The van der Waals surface area contributed by atoms with Gasteiger partial charge in [0.25, 0.3) is 0 Å². The van der Waals surface area contributed by atoms with Gasteiger partial charge >= 0.3 is 12.4 Å². The van der Waals surface area contributed by atoms with Gasteiger partial charge in [-0.1, -0.05) is 38.2 Å². The van der Waals surface area contributed by atoms with Crippen LogP contribution >= 0.6 is 0 Å². The summed E-state index contributed by atoms with van der Waals surface area (Å²) in [4.78, 5) is -0.304. The number of fused-ring (bicyclic) bond motifs is 1. The molecule has 0 aromatic heterocycles. The molecule has 0 aliphatic carbocycles. The number of hydrogen-bond acceptors (Lipinski definition) is 4. The normalized spacial score (nSPS) is 20.6. The van der Waals surface area contributed by atoms with Crippen molar-refractivity contribution in [2.24, 2.45) is 0 Å². The summed E-state index contributed by atoms with van der Waals surface area (Å²) < 4.78 is 113. The van der Waals surface area contributed by atoms with E-state index in [1.165, 1.54) is 24.3 Å². The monoisotopic (exact) mass is 549 g/mol. The van der Waals surface area contributed by atoms with E-state index < -0.39 is 56.3 Å². The Balaban J connectivity index is 0.00000408. The van der Waals surface area contributed by atoms with Gasteiger partial charge < -0.3 is 9.84 Å². The molecule has 2 aromatic rings. The predicted molar refractivity (Wildman–Crippen MR) is 104 cm³/mol. The van der Waals surface area contributed by atoms with Crippen molar-refractivity contribution >= 4 is 9.84 Å². The maximum Gasteiger partial charge on any atom is 0.416 e. The Kier molecular flexibility index (Phi) is 8.58. The summed E-state index contributed by atoms with van der Waals surface area (Å²) in [5.74, 6) is 0. The molecule has 34 heavy (non-hydrogen) atoms. The van der Waals surface area contributed by atoms with Gasteiger partial charge in [-0.15, -0.1) is 0 Å². The molecule has 3 atom stereocenters. The number of ether oxygens (including phenoxy) is 1. The molecule has 1 radical (unpaired) electrons. The molecule has 12 heteroatoms. The summed E-state index contributed by atoms with van der Waals surface area (Å²) in [6.07, 6.45) is -13.4. The van der Waals surface area contributed by atoms with Crippen LogP contribution in [0.4, 0.5) is 26.3 Å². The SMILES string of the molecule is CC[C-](CC)OC(c1cc(C(F)(F)F)cc(C(F)(F)F)c1)C1C([O-])c2ccccc2S1(=O)=O.[Mn]. The van der Waals surface area contributed by atoms with E-state index >= 15 is 0 Å². The molecule has 4 nitrogen and oxygen atoms in total. The quantitative estimate of drug-likeness (QED) is 0.276. The van der Waals surface area contributed by atoms with E-state index in [-0.39, 0.29) is 52.5 Å². The molecule has 3 unspecified atom stereocenters. The van der Waals surface area contributed by atoms with Crippen LogP contribution in [-0.2, 0) is 44.0 Å². The van der Waals surface area contributed by atoms with E-state index in [1.807, 2.05) is 0 Å². The Hall–Kier alpha value is -1.59. The zero-order chi connectivity index (χ0) is 24.8. The third-order valence-electron chi connectivity index (χ3n) is 5.51. The van der Waals surface area contributed by atoms with Crippen molar-refractivity contribution < 1.29 is 61.7 Å². The minimum absolute atomic E-state index is 0. The predicted octanol–water partition coefficient (Wildman–Crippen LogP) is 5.39. The van der Waals surface area contributed by atoms with E-state index in [1.54, 1.807) is 13.8 Å². The van der Waals surface area contributed by atoms with E-state index in [0.717, 1.165) is 0 Å². The zero-order valence-electron chi connectivity index (χ0n) is 17.9. The fraction of sp³-hybridized carbons (Fsp3) is 0.409. The number of sulfone groups is 1. The van der Waals surface area contributed by atoms with Crippen molar-refractivity contribution in [3.63, 3.8) is 0 Å². The first kappa shape index (κ1) is 28.6. The van der Waals surface area contributed by atoms with Gasteiger partial charge in [0.2, 0.25) is 0 Å². The average molecular weight is 549 g/mol. The standard InChI is InChI=1S/C22H20F6O4S.Mn/c1-3-15(4-2)32-19(20-18(29)16-7-5-6-8-17(16)33(20,30)31)12-9-13(21(23,24)25)11-14(10-12)22(26,27)28;/h5-11,18-20H,3-4H2,1-2H3;/q-2;. The van der Waals surface area contributed by atoms with Crippen molar-refractivity contribution in [1.82, 2.24) is 0 Å². The Labute approximate surface area is 203 Å². The van der Waals surface area contributed by atoms with Crippen LogP contribution < -0.4 is 5.11 Å².